The van der Waals surface area contributed by atoms with Crippen molar-refractivity contribution in [3.63, 3.8) is 0 Å². The van der Waals surface area contributed by atoms with Crippen LogP contribution in [0.1, 0.15) is 18.1 Å². The van der Waals surface area contributed by atoms with Crippen LogP contribution in [0.5, 0.6) is 5.88 Å². The lowest BCUT2D eigenvalue weighted by atomic mass is 10.1. The third-order valence-corrected chi connectivity index (χ3v) is 2.20. The van der Waals surface area contributed by atoms with Gasteiger partial charge in [0.05, 0.1) is 13.0 Å². The van der Waals surface area contributed by atoms with Crippen LogP contribution in [-0.4, -0.2) is 23.9 Å². The highest BCUT2D eigenvalue weighted by Gasteiger charge is 2.32. The molecule has 0 unspecified atom stereocenters. The van der Waals surface area contributed by atoms with Gasteiger partial charge in [-0.25, -0.2) is 4.39 Å². The molecule has 1 N–H and O–H groups in total. The van der Waals surface area contributed by atoms with Crippen LogP contribution in [0, 0.1) is 0 Å². The van der Waals surface area contributed by atoms with Crippen molar-refractivity contribution in [1.82, 2.24) is 4.98 Å². The number of pyridine rings is 1. The first-order valence-corrected chi connectivity index (χ1v) is 5.49. The number of carbonyl (C=O) groups excluding carboxylic acids is 1. The van der Waals surface area contributed by atoms with Crippen LogP contribution >= 0.6 is 0 Å². The first-order chi connectivity index (χ1) is 9.26. The Kier molecular flexibility index (Phi) is 5.12. The van der Waals surface area contributed by atoms with Gasteiger partial charge in [-0.3, -0.25) is 14.6 Å². The van der Waals surface area contributed by atoms with Crippen LogP contribution in [0.25, 0.3) is 0 Å². The highest BCUT2D eigenvalue weighted by Crippen LogP contribution is 2.22. The molecule has 0 saturated carbocycles. The number of H-pyrrole nitrogens is 1. The minimum Gasteiger partial charge on any atom is -0.466 e. The number of halogens is 4. The molecule has 1 aromatic heterocycles. The van der Waals surface area contributed by atoms with Crippen LogP contribution in [0.4, 0.5) is 17.6 Å². The summed E-state index contributed by atoms with van der Waals surface area (Å²) in [5.74, 6) is -1.72. The Morgan fingerprint density at radius 1 is 1.40 bits per heavy atom. The van der Waals surface area contributed by atoms with E-state index in [2.05, 4.69) is 9.47 Å². The number of esters is 1. The minimum atomic E-state index is -5.01. The Morgan fingerprint density at radius 3 is 2.55 bits per heavy atom. The fourth-order valence-electron chi connectivity index (χ4n) is 1.46. The first-order valence-electron chi connectivity index (χ1n) is 5.49. The van der Waals surface area contributed by atoms with E-state index in [0.29, 0.717) is 6.07 Å². The normalized spacial score (nSPS) is 11.2. The number of aromatic nitrogens is 1. The van der Waals surface area contributed by atoms with Gasteiger partial charge in [-0.05, 0) is 12.5 Å². The number of hydrogen-bond donors (Lipinski definition) is 1. The minimum absolute atomic E-state index is 0.0664. The summed E-state index contributed by atoms with van der Waals surface area (Å²) in [6, 6.07) is 0.684. The van der Waals surface area contributed by atoms with Crippen molar-refractivity contribution in [3.8, 4) is 5.88 Å². The van der Waals surface area contributed by atoms with E-state index < -0.39 is 36.9 Å². The average molecular weight is 297 g/mol. The van der Waals surface area contributed by atoms with E-state index in [9.17, 15) is 27.2 Å². The number of carbonyl (C=O) groups is 1. The van der Waals surface area contributed by atoms with E-state index in [0.717, 1.165) is 0 Å². The molecule has 0 amide bonds. The summed E-state index contributed by atoms with van der Waals surface area (Å²) in [6.07, 6.45) is -5.55. The monoisotopic (exact) mass is 297 g/mol. The fourth-order valence-corrected chi connectivity index (χ4v) is 1.46. The molecule has 0 spiro atoms. The van der Waals surface area contributed by atoms with Crippen LogP contribution in [-0.2, 0) is 22.6 Å². The predicted octanol–water partition coefficient (Wildman–Crippen LogP) is 1.85. The maximum absolute atomic E-state index is 12.8. The summed E-state index contributed by atoms with van der Waals surface area (Å²) in [4.78, 5) is 24.6. The molecule has 20 heavy (non-hydrogen) atoms. The van der Waals surface area contributed by atoms with Crippen molar-refractivity contribution in [2.24, 2.45) is 0 Å². The summed E-state index contributed by atoms with van der Waals surface area (Å²) in [5.41, 5.74) is -1.69. The number of ether oxygens (including phenoxy) is 2. The van der Waals surface area contributed by atoms with Crippen molar-refractivity contribution < 1.29 is 31.8 Å². The highest BCUT2D eigenvalue weighted by atomic mass is 19.4. The topological polar surface area (TPSA) is 68.4 Å². The quantitative estimate of drug-likeness (QED) is 0.665. The third kappa shape index (κ3) is 4.56. The van der Waals surface area contributed by atoms with Crippen molar-refractivity contribution in [1.29, 1.82) is 0 Å². The van der Waals surface area contributed by atoms with Gasteiger partial charge in [0.2, 0.25) is 5.88 Å². The average Bonchev–Trinajstić information content (AvgIpc) is 2.30. The van der Waals surface area contributed by atoms with Crippen molar-refractivity contribution in [2.45, 2.75) is 26.4 Å². The van der Waals surface area contributed by atoms with E-state index >= 15 is 0 Å². The Balaban J connectivity index is 3.08. The van der Waals surface area contributed by atoms with Crippen LogP contribution in [0.3, 0.4) is 0 Å². The maximum Gasteiger partial charge on any atom is 0.574 e. The number of alkyl halides is 4. The molecule has 9 heteroatoms. The zero-order chi connectivity index (χ0) is 15.3. The number of aromatic amines is 1. The second-order valence-corrected chi connectivity index (χ2v) is 3.63. The van der Waals surface area contributed by atoms with E-state index in [1.807, 2.05) is 0 Å². The van der Waals surface area contributed by atoms with E-state index in [1.165, 1.54) is 0 Å². The Hall–Kier alpha value is -2.06. The van der Waals surface area contributed by atoms with Gasteiger partial charge in [0.25, 0.3) is 5.56 Å². The largest absolute Gasteiger partial charge is 0.574 e. The molecule has 0 radical (unpaired) electrons. The van der Waals surface area contributed by atoms with Crippen molar-refractivity contribution >= 4 is 5.97 Å². The second-order valence-electron chi connectivity index (χ2n) is 3.63. The molecular formula is C11H11F4NO4. The molecule has 1 rings (SSSR count). The van der Waals surface area contributed by atoms with Gasteiger partial charge in [0.1, 0.15) is 6.67 Å². The molecule has 0 bridgehead atoms. The molecular weight excluding hydrogens is 286 g/mol. The Morgan fingerprint density at radius 2 is 2.05 bits per heavy atom. The Labute approximate surface area is 110 Å². The maximum atomic E-state index is 12.8. The molecule has 1 heterocycles. The van der Waals surface area contributed by atoms with Gasteiger partial charge >= 0.3 is 12.3 Å². The van der Waals surface area contributed by atoms with Crippen molar-refractivity contribution in [2.75, 3.05) is 6.61 Å². The summed E-state index contributed by atoms with van der Waals surface area (Å²) < 4.78 is 56.9. The fraction of sp³-hybridized carbons (Fsp3) is 0.455. The molecule has 112 valence electrons. The SMILES string of the molecule is CCOC(=O)Cc1c(CF)cc(OC(F)(F)F)[nH]c1=O. The molecule has 5 nitrogen and oxygen atoms in total. The molecule has 0 aromatic carbocycles. The lowest BCUT2D eigenvalue weighted by Gasteiger charge is -2.11. The Bertz CT molecular complexity index is 538. The predicted molar refractivity (Wildman–Crippen MR) is 58.9 cm³/mol. The summed E-state index contributed by atoms with van der Waals surface area (Å²) in [7, 11) is 0. The smallest absolute Gasteiger partial charge is 0.466 e. The molecule has 0 fully saturated rings. The summed E-state index contributed by atoms with van der Waals surface area (Å²) in [5, 5.41) is 0. The molecule has 0 saturated heterocycles. The molecule has 0 aliphatic carbocycles. The summed E-state index contributed by atoms with van der Waals surface area (Å²) in [6.45, 7) is 0.391. The van der Waals surface area contributed by atoms with Gasteiger partial charge in [-0.15, -0.1) is 13.2 Å². The van der Waals surface area contributed by atoms with E-state index in [4.69, 9.17) is 0 Å². The van der Waals surface area contributed by atoms with Gasteiger partial charge < -0.3 is 9.47 Å². The molecule has 1 aromatic rings. The van der Waals surface area contributed by atoms with Crippen molar-refractivity contribution in [3.05, 3.63) is 27.5 Å². The zero-order valence-corrected chi connectivity index (χ0v) is 10.3. The van der Waals surface area contributed by atoms with Crippen LogP contribution in [0.15, 0.2) is 10.9 Å². The lowest BCUT2D eigenvalue weighted by Crippen LogP contribution is -2.24. The van der Waals surface area contributed by atoms with E-state index in [-0.39, 0.29) is 17.7 Å². The lowest BCUT2D eigenvalue weighted by molar-refractivity contribution is -0.276. The standard InChI is InChI=1S/C11H11F4NO4/c1-2-19-9(17)4-7-6(5-12)3-8(16-10(7)18)20-11(13,14)15/h3H,2,4-5H2,1H3,(H,16,18). The van der Waals surface area contributed by atoms with Gasteiger partial charge in [0, 0.05) is 11.6 Å². The van der Waals surface area contributed by atoms with E-state index in [1.54, 1.807) is 11.9 Å². The van der Waals surface area contributed by atoms with Gasteiger partial charge in [-0.2, -0.15) is 0 Å². The number of hydrogen-bond acceptors (Lipinski definition) is 4. The first kappa shape index (κ1) is 16.0. The van der Waals surface area contributed by atoms with Crippen LogP contribution < -0.4 is 10.3 Å². The van der Waals surface area contributed by atoms with Gasteiger partial charge in [0.15, 0.2) is 0 Å². The highest BCUT2D eigenvalue weighted by molar-refractivity contribution is 5.72. The molecule has 0 aliphatic rings. The third-order valence-electron chi connectivity index (χ3n) is 2.20. The van der Waals surface area contributed by atoms with Crippen LogP contribution in [0.2, 0.25) is 0 Å². The number of rotatable bonds is 5. The summed E-state index contributed by atoms with van der Waals surface area (Å²) >= 11 is 0. The van der Waals surface area contributed by atoms with Gasteiger partial charge in [-0.1, -0.05) is 0 Å². The molecule has 0 atom stereocenters. The second kappa shape index (κ2) is 6.40. The number of nitrogens with one attached hydrogen (secondary N) is 1. The molecule has 0 aliphatic heterocycles. The zero-order valence-electron chi connectivity index (χ0n) is 10.3.